The maximum atomic E-state index is 13.5. The van der Waals surface area contributed by atoms with Crippen LogP contribution in [0.2, 0.25) is 5.02 Å². The zero-order valence-corrected chi connectivity index (χ0v) is 10.4. The number of hydrogen-bond donors (Lipinski definition) is 1. The minimum atomic E-state index is -1.36. The van der Waals surface area contributed by atoms with E-state index in [-0.39, 0.29) is 16.5 Å². The predicted octanol–water partition coefficient (Wildman–Crippen LogP) is 3.55. The lowest BCUT2D eigenvalue weighted by Crippen LogP contribution is -2.25. The number of halogens is 5. The third-order valence-electron chi connectivity index (χ3n) is 2.72. The van der Waals surface area contributed by atoms with Crippen molar-refractivity contribution in [2.24, 2.45) is 5.73 Å². The molecule has 6 heteroatoms. The molecule has 1 nitrogen and oxygen atoms in total. The van der Waals surface area contributed by atoms with Crippen LogP contribution in [0.4, 0.5) is 13.2 Å². The van der Waals surface area contributed by atoms with Gasteiger partial charge in [-0.25, -0.2) is 13.2 Å². The molecule has 0 bridgehead atoms. The van der Waals surface area contributed by atoms with Gasteiger partial charge in [0.1, 0.15) is 5.02 Å². The first-order valence-corrected chi connectivity index (χ1v) is 5.82. The molecule has 1 saturated carbocycles. The fraction of sp³-hybridized carbons (Fsp3) is 0.400. The molecule has 16 heavy (non-hydrogen) atoms. The molecule has 0 aromatic heterocycles. The molecule has 0 aliphatic heterocycles. The van der Waals surface area contributed by atoms with Gasteiger partial charge in [0.05, 0.1) is 4.47 Å². The summed E-state index contributed by atoms with van der Waals surface area (Å²) in [5.41, 5.74) is 5.17. The highest BCUT2D eigenvalue weighted by Gasteiger charge is 2.40. The van der Waals surface area contributed by atoms with Crippen LogP contribution >= 0.6 is 27.5 Å². The SMILES string of the molecule is NC1(Cc2c(F)c(F)c(Cl)c(F)c2Br)CC1. The summed E-state index contributed by atoms with van der Waals surface area (Å²) in [6.45, 7) is 0. The van der Waals surface area contributed by atoms with E-state index in [1.165, 1.54) is 0 Å². The van der Waals surface area contributed by atoms with Gasteiger partial charge in [-0.2, -0.15) is 0 Å². The van der Waals surface area contributed by atoms with Gasteiger partial charge in [0.15, 0.2) is 17.5 Å². The third kappa shape index (κ3) is 1.96. The number of rotatable bonds is 2. The Labute approximate surface area is 104 Å². The Morgan fingerprint density at radius 3 is 2.25 bits per heavy atom. The number of hydrogen-bond acceptors (Lipinski definition) is 1. The van der Waals surface area contributed by atoms with E-state index in [1.807, 2.05) is 0 Å². The van der Waals surface area contributed by atoms with Crippen LogP contribution in [0, 0.1) is 17.5 Å². The summed E-state index contributed by atoms with van der Waals surface area (Å²) < 4.78 is 40.0. The second-order valence-corrected chi connectivity index (χ2v) is 5.26. The highest BCUT2D eigenvalue weighted by Crippen LogP contribution is 2.40. The molecule has 2 rings (SSSR count). The molecule has 1 aromatic rings. The predicted molar refractivity (Wildman–Crippen MR) is 58.9 cm³/mol. The first kappa shape index (κ1) is 12.2. The van der Waals surface area contributed by atoms with Crippen molar-refractivity contribution in [3.05, 3.63) is 32.5 Å². The number of benzene rings is 1. The molecule has 0 heterocycles. The van der Waals surface area contributed by atoms with Crippen LogP contribution in [0.5, 0.6) is 0 Å². The van der Waals surface area contributed by atoms with Crippen molar-refractivity contribution in [1.29, 1.82) is 0 Å². The van der Waals surface area contributed by atoms with E-state index < -0.39 is 28.0 Å². The van der Waals surface area contributed by atoms with Crippen LogP contribution in [0.3, 0.4) is 0 Å². The molecule has 0 atom stereocenters. The smallest absolute Gasteiger partial charge is 0.180 e. The first-order chi connectivity index (χ1) is 7.36. The van der Waals surface area contributed by atoms with E-state index >= 15 is 0 Å². The van der Waals surface area contributed by atoms with Gasteiger partial charge < -0.3 is 5.73 Å². The molecule has 88 valence electrons. The normalized spacial score (nSPS) is 17.6. The zero-order chi connectivity index (χ0) is 12.1. The summed E-state index contributed by atoms with van der Waals surface area (Å²) in [6, 6.07) is 0. The van der Waals surface area contributed by atoms with E-state index in [1.54, 1.807) is 0 Å². The molecule has 1 aliphatic rings. The summed E-state index contributed by atoms with van der Waals surface area (Å²) >= 11 is 8.17. The molecule has 0 radical (unpaired) electrons. The van der Waals surface area contributed by atoms with Crippen LogP contribution in [0.15, 0.2) is 4.47 Å². The van der Waals surface area contributed by atoms with Crippen LogP contribution in [0.1, 0.15) is 18.4 Å². The van der Waals surface area contributed by atoms with Gasteiger partial charge in [-0.1, -0.05) is 11.6 Å². The van der Waals surface area contributed by atoms with Gasteiger partial charge in [0, 0.05) is 11.1 Å². The van der Waals surface area contributed by atoms with Crippen LogP contribution in [-0.2, 0) is 6.42 Å². The minimum absolute atomic E-state index is 0.0839. The van der Waals surface area contributed by atoms with Crippen molar-refractivity contribution in [3.63, 3.8) is 0 Å². The van der Waals surface area contributed by atoms with Crippen molar-refractivity contribution in [3.8, 4) is 0 Å². The Morgan fingerprint density at radius 1 is 1.19 bits per heavy atom. The second kappa shape index (κ2) is 3.89. The first-order valence-electron chi connectivity index (χ1n) is 4.65. The van der Waals surface area contributed by atoms with Gasteiger partial charge in [0.2, 0.25) is 0 Å². The second-order valence-electron chi connectivity index (χ2n) is 4.09. The topological polar surface area (TPSA) is 26.0 Å². The van der Waals surface area contributed by atoms with Gasteiger partial charge in [-0.15, -0.1) is 0 Å². The molecule has 0 saturated heterocycles. The average Bonchev–Trinajstić information content (AvgIpc) is 2.98. The fourth-order valence-electron chi connectivity index (χ4n) is 1.49. The Hall–Kier alpha value is -0.260. The largest absolute Gasteiger partial charge is 0.325 e. The van der Waals surface area contributed by atoms with Gasteiger partial charge in [0.25, 0.3) is 0 Å². The van der Waals surface area contributed by atoms with Crippen molar-refractivity contribution in [2.45, 2.75) is 24.8 Å². The molecule has 0 unspecified atom stereocenters. The molecule has 1 aromatic carbocycles. The summed E-state index contributed by atoms with van der Waals surface area (Å²) in [6.07, 6.45) is 1.56. The lowest BCUT2D eigenvalue weighted by molar-refractivity contribution is 0.475. The van der Waals surface area contributed by atoms with Gasteiger partial charge >= 0.3 is 0 Å². The molecule has 1 aliphatic carbocycles. The standard InChI is InChI=1S/C10H8BrClF3N/c11-5-4(3-10(16)1-2-10)7(13)9(15)6(12)8(5)14/h1-3,16H2. The van der Waals surface area contributed by atoms with E-state index in [4.69, 9.17) is 17.3 Å². The Kier molecular flexibility index (Phi) is 2.97. The van der Waals surface area contributed by atoms with E-state index in [9.17, 15) is 13.2 Å². The highest BCUT2D eigenvalue weighted by molar-refractivity contribution is 9.10. The molecule has 2 N–H and O–H groups in total. The fourth-order valence-corrected chi connectivity index (χ4v) is 2.30. The molecule has 0 spiro atoms. The van der Waals surface area contributed by atoms with Gasteiger partial charge in [-0.05, 0) is 35.2 Å². The summed E-state index contributed by atoms with van der Waals surface area (Å²) in [7, 11) is 0. The van der Waals surface area contributed by atoms with E-state index in [0.717, 1.165) is 12.8 Å². The summed E-state index contributed by atoms with van der Waals surface area (Å²) in [5.74, 6) is -3.48. The molecular weight excluding hydrogens is 306 g/mol. The molecule has 1 fully saturated rings. The summed E-state index contributed by atoms with van der Waals surface area (Å²) in [5, 5.41) is -0.838. The van der Waals surface area contributed by atoms with Crippen molar-refractivity contribution in [2.75, 3.05) is 0 Å². The Morgan fingerprint density at radius 2 is 1.75 bits per heavy atom. The van der Waals surface area contributed by atoms with Crippen molar-refractivity contribution in [1.82, 2.24) is 0 Å². The molecule has 0 amide bonds. The average molecular weight is 315 g/mol. The lowest BCUT2D eigenvalue weighted by Gasteiger charge is -2.13. The zero-order valence-electron chi connectivity index (χ0n) is 8.09. The highest BCUT2D eigenvalue weighted by atomic mass is 79.9. The third-order valence-corrected chi connectivity index (χ3v) is 3.88. The monoisotopic (exact) mass is 313 g/mol. The van der Waals surface area contributed by atoms with Crippen LogP contribution in [-0.4, -0.2) is 5.54 Å². The van der Waals surface area contributed by atoms with Crippen molar-refractivity contribution >= 4 is 27.5 Å². The van der Waals surface area contributed by atoms with E-state index in [2.05, 4.69) is 15.9 Å². The van der Waals surface area contributed by atoms with Crippen LogP contribution < -0.4 is 5.73 Å². The lowest BCUT2D eigenvalue weighted by atomic mass is 10.0. The maximum absolute atomic E-state index is 13.5. The quantitative estimate of drug-likeness (QED) is 0.655. The minimum Gasteiger partial charge on any atom is -0.325 e. The Bertz CT molecular complexity index is 431. The Balaban J connectivity index is 2.51. The molecular formula is C10H8BrClF3N. The van der Waals surface area contributed by atoms with Gasteiger partial charge in [-0.3, -0.25) is 0 Å². The van der Waals surface area contributed by atoms with Crippen molar-refractivity contribution < 1.29 is 13.2 Å². The van der Waals surface area contributed by atoms with E-state index in [0.29, 0.717) is 0 Å². The van der Waals surface area contributed by atoms with Crippen LogP contribution in [0.25, 0.3) is 0 Å². The number of nitrogens with two attached hydrogens (primary N) is 1. The maximum Gasteiger partial charge on any atom is 0.180 e. The summed E-state index contributed by atoms with van der Waals surface area (Å²) in [4.78, 5) is 0.